The molecule has 4 nitrogen and oxygen atoms in total. The molecule has 0 bridgehead atoms. The monoisotopic (exact) mass is 302 g/mol. The Morgan fingerprint density at radius 1 is 1.71 bits per heavy atom. The summed E-state index contributed by atoms with van der Waals surface area (Å²) in [6, 6.07) is 1.36. The molecular formula is C11H12BrFN2O2. The van der Waals surface area contributed by atoms with Crippen molar-refractivity contribution in [2.75, 3.05) is 25.1 Å². The molecule has 1 saturated heterocycles. The summed E-state index contributed by atoms with van der Waals surface area (Å²) < 4.78 is 18.4. The van der Waals surface area contributed by atoms with Crippen molar-refractivity contribution in [2.45, 2.75) is 6.42 Å². The first-order valence-corrected chi connectivity index (χ1v) is 6.05. The fourth-order valence-corrected chi connectivity index (χ4v) is 2.12. The molecule has 0 aliphatic carbocycles. The summed E-state index contributed by atoms with van der Waals surface area (Å²) in [5.74, 6) is -0.160. The Hall–Kier alpha value is -1.17. The van der Waals surface area contributed by atoms with Crippen LogP contribution in [0.5, 0.6) is 0 Å². The zero-order chi connectivity index (χ0) is 12.4. The van der Waals surface area contributed by atoms with E-state index in [0.717, 1.165) is 0 Å². The highest BCUT2D eigenvalue weighted by molar-refractivity contribution is 9.10. The highest BCUT2D eigenvalue weighted by Crippen LogP contribution is 2.25. The van der Waals surface area contributed by atoms with E-state index in [1.54, 1.807) is 0 Å². The number of methoxy groups -OCH3 is 1. The van der Waals surface area contributed by atoms with E-state index in [2.05, 4.69) is 20.9 Å². The number of carbonyl (C=O) groups excluding carboxylic acids is 1. The molecule has 1 fully saturated rings. The number of aromatic nitrogens is 1. The largest absolute Gasteiger partial charge is 0.469 e. The van der Waals surface area contributed by atoms with Gasteiger partial charge in [-0.2, -0.15) is 0 Å². The second-order valence-corrected chi connectivity index (χ2v) is 4.77. The Balaban J connectivity index is 2.10. The van der Waals surface area contributed by atoms with E-state index in [1.165, 1.54) is 19.4 Å². The van der Waals surface area contributed by atoms with Crippen LogP contribution in [0.3, 0.4) is 0 Å². The first-order valence-electron chi connectivity index (χ1n) is 5.25. The Labute approximate surface area is 107 Å². The zero-order valence-corrected chi connectivity index (χ0v) is 10.9. The van der Waals surface area contributed by atoms with E-state index in [0.29, 0.717) is 29.8 Å². The van der Waals surface area contributed by atoms with E-state index in [1.807, 2.05) is 4.90 Å². The van der Waals surface area contributed by atoms with Gasteiger partial charge in [0.15, 0.2) is 0 Å². The van der Waals surface area contributed by atoms with Crippen LogP contribution < -0.4 is 4.90 Å². The predicted molar refractivity (Wildman–Crippen MR) is 64.2 cm³/mol. The molecule has 0 amide bonds. The standard InChI is InChI=1S/C11H12BrFN2O2/c1-17-11(16)7-2-3-15(6-7)10-4-9(13)8(12)5-14-10/h4-5,7H,2-3,6H2,1H3. The van der Waals surface area contributed by atoms with Crippen molar-refractivity contribution in [3.63, 3.8) is 0 Å². The molecule has 1 aromatic heterocycles. The maximum atomic E-state index is 13.3. The van der Waals surface area contributed by atoms with E-state index < -0.39 is 0 Å². The average molecular weight is 303 g/mol. The summed E-state index contributed by atoms with van der Waals surface area (Å²) in [7, 11) is 1.38. The van der Waals surface area contributed by atoms with Crippen LogP contribution in [0, 0.1) is 11.7 Å². The van der Waals surface area contributed by atoms with Crippen molar-refractivity contribution >= 4 is 27.7 Å². The van der Waals surface area contributed by atoms with E-state index in [4.69, 9.17) is 4.74 Å². The summed E-state index contributed by atoms with van der Waals surface area (Å²) in [6.45, 7) is 1.22. The van der Waals surface area contributed by atoms with Crippen molar-refractivity contribution in [1.29, 1.82) is 0 Å². The molecule has 0 spiro atoms. The minimum atomic E-state index is -0.350. The summed E-state index contributed by atoms with van der Waals surface area (Å²) in [5.41, 5.74) is 0. The number of carbonyl (C=O) groups is 1. The SMILES string of the molecule is COC(=O)C1CCN(c2cc(F)c(Br)cn2)C1. The Kier molecular flexibility index (Phi) is 3.61. The Morgan fingerprint density at radius 3 is 3.12 bits per heavy atom. The van der Waals surface area contributed by atoms with Gasteiger partial charge in [0.1, 0.15) is 11.6 Å². The molecule has 0 radical (unpaired) electrons. The number of rotatable bonds is 2. The van der Waals surface area contributed by atoms with Crippen LogP contribution in [-0.4, -0.2) is 31.2 Å². The van der Waals surface area contributed by atoms with E-state index in [-0.39, 0.29) is 17.7 Å². The first-order chi connectivity index (χ1) is 8.11. The lowest BCUT2D eigenvalue weighted by Gasteiger charge is -2.17. The van der Waals surface area contributed by atoms with Crippen molar-refractivity contribution in [3.8, 4) is 0 Å². The van der Waals surface area contributed by atoms with Gasteiger partial charge in [0.05, 0.1) is 17.5 Å². The van der Waals surface area contributed by atoms with E-state index >= 15 is 0 Å². The zero-order valence-electron chi connectivity index (χ0n) is 9.32. The summed E-state index contributed by atoms with van der Waals surface area (Å²) in [4.78, 5) is 17.4. The lowest BCUT2D eigenvalue weighted by Crippen LogP contribution is -2.24. The maximum Gasteiger partial charge on any atom is 0.310 e. The average Bonchev–Trinajstić information content (AvgIpc) is 2.81. The van der Waals surface area contributed by atoms with Crippen molar-refractivity contribution in [2.24, 2.45) is 5.92 Å². The molecule has 0 aromatic carbocycles. The van der Waals surface area contributed by atoms with Gasteiger partial charge in [-0.25, -0.2) is 9.37 Å². The number of anilines is 1. The summed E-state index contributed by atoms with van der Waals surface area (Å²) >= 11 is 3.05. The molecule has 92 valence electrons. The highest BCUT2D eigenvalue weighted by Gasteiger charge is 2.29. The van der Waals surface area contributed by atoms with E-state index in [9.17, 15) is 9.18 Å². The van der Waals surface area contributed by atoms with Gasteiger partial charge in [-0.3, -0.25) is 4.79 Å². The molecule has 2 heterocycles. The third kappa shape index (κ3) is 2.57. The molecule has 2 rings (SSSR count). The van der Waals surface area contributed by atoms with Crippen LogP contribution in [0.1, 0.15) is 6.42 Å². The van der Waals surface area contributed by atoms with Crippen LogP contribution in [0.15, 0.2) is 16.7 Å². The van der Waals surface area contributed by atoms with Gasteiger partial charge in [0.2, 0.25) is 0 Å². The third-order valence-electron chi connectivity index (χ3n) is 2.84. The number of ether oxygens (including phenoxy) is 1. The molecular weight excluding hydrogens is 291 g/mol. The van der Waals surface area contributed by atoms with Crippen LogP contribution in [0.25, 0.3) is 0 Å². The van der Waals surface area contributed by atoms with Crippen LogP contribution >= 0.6 is 15.9 Å². The summed E-state index contributed by atoms with van der Waals surface area (Å²) in [5, 5.41) is 0. The van der Waals surface area contributed by atoms with Gasteiger partial charge >= 0.3 is 5.97 Å². The Morgan fingerprint density at radius 2 is 2.47 bits per heavy atom. The maximum absolute atomic E-state index is 13.3. The molecule has 1 unspecified atom stereocenters. The molecule has 0 N–H and O–H groups in total. The van der Waals surface area contributed by atoms with Gasteiger partial charge in [0, 0.05) is 25.4 Å². The number of halogens is 2. The third-order valence-corrected chi connectivity index (χ3v) is 3.42. The smallest absolute Gasteiger partial charge is 0.310 e. The number of esters is 1. The quantitative estimate of drug-likeness (QED) is 0.784. The van der Waals surface area contributed by atoms with Gasteiger partial charge in [-0.15, -0.1) is 0 Å². The minimum Gasteiger partial charge on any atom is -0.469 e. The number of hydrogen-bond acceptors (Lipinski definition) is 4. The van der Waals surface area contributed by atoms with Gasteiger partial charge in [0.25, 0.3) is 0 Å². The molecule has 1 atom stereocenters. The lowest BCUT2D eigenvalue weighted by atomic mass is 10.1. The molecule has 1 aromatic rings. The van der Waals surface area contributed by atoms with Crippen LogP contribution in [-0.2, 0) is 9.53 Å². The Bertz CT molecular complexity index is 441. The number of pyridine rings is 1. The fourth-order valence-electron chi connectivity index (χ4n) is 1.90. The van der Waals surface area contributed by atoms with Gasteiger partial charge in [-0.1, -0.05) is 0 Å². The molecule has 0 saturated carbocycles. The topological polar surface area (TPSA) is 42.4 Å². The summed E-state index contributed by atoms with van der Waals surface area (Å²) in [6.07, 6.45) is 2.14. The normalized spacial score (nSPS) is 19.5. The second-order valence-electron chi connectivity index (χ2n) is 3.91. The minimum absolute atomic E-state index is 0.145. The fraction of sp³-hybridized carbons (Fsp3) is 0.455. The van der Waals surface area contributed by atoms with Gasteiger partial charge in [-0.05, 0) is 22.4 Å². The van der Waals surface area contributed by atoms with Crippen LogP contribution in [0.2, 0.25) is 0 Å². The van der Waals surface area contributed by atoms with Crippen molar-refractivity contribution in [1.82, 2.24) is 4.98 Å². The molecule has 1 aliphatic heterocycles. The molecule has 1 aliphatic rings. The predicted octanol–water partition coefficient (Wildman–Crippen LogP) is 1.98. The molecule has 17 heavy (non-hydrogen) atoms. The van der Waals surface area contributed by atoms with Crippen molar-refractivity contribution < 1.29 is 13.9 Å². The number of hydrogen-bond donors (Lipinski definition) is 0. The highest BCUT2D eigenvalue weighted by atomic mass is 79.9. The second kappa shape index (κ2) is 5.00. The number of nitrogens with zero attached hydrogens (tertiary/aromatic N) is 2. The van der Waals surface area contributed by atoms with Crippen LogP contribution in [0.4, 0.5) is 10.2 Å². The molecule has 6 heteroatoms. The van der Waals surface area contributed by atoms with Gasteiger partial charge < -0.3 is 9.64 Å². The lowest BCUT2D eigenvalue weighted by molar-refractivity contribution is -0.144. The van der Waals surface area contributed by atoms with Crippen molar-refractivity contribution in [3.05, 3.63) is 22.6 Å². The first kappa shape index (κ1) is 12.3.